The van der Waals surface area contributed by atoms with Crippen molar-refractivity contribution < 1.29 is 201 Å². The summed E-state index contributed by atoms with van der Waals surface area (Å²) >= 11 is 0. The van der Waals surface area contributed by atoms with Crippen LogP contribution < -0.4 is 5.73 Å². The largest absolute Gasteiger partial charge is 0.394 e. The highest BCUT2D eigenvalue weighted by molar-refractivity contribution is 4.85. The number of rotatable bonds is 82. The van der Waals surface area contributed by atoms with Crippen molar-refractivity contribution in [3.63, 3.8) is 0 Å². The molecule has 0 rings (SSSR count). The Labute approximate surface area is 619 Å². The molecule has 0 saturated heterocycles. The Morgan fingerprint density at radius 3 is 0.792 bits per heavy atom. The van der Waals surface area contributed by atoms with Crippen LogP contribution in [0.5, 0.6) is 0 Å². The Morgan fingerprint density at radius 2 is 0.453 bits per heavy atom. The van der Waals surface area contributed by atoms with Crippen LogP contribution in [0.4, 0.5) is 0 Å². The second-order valence-electron chi connectivity index (χ2n) is 24.3. The third kappa shape index (κ3) is 58.2. The summed E-state index contributed by atoms with van der Waals surface area (Å²) in [6.07, 6.45) is -18.9. The SMILES string of the molecule is CC(OCCOCC(O)CO)OCC(COC(CO)COC(CO)COC(CO)COCC(O)COCC(N)(COCC(CO)OCC(CO)OCC(COC(C)OCCO)OCC(COC(C)OCCOCC(O)CO)OCC(O)CO)COCC(CO)OC(CO)COCC(O)CO)OCC(O)CO. The lowest BCUT2D eigenvalue weighted by Gasteiger charge is -2.31. The average Bonchev–Trinajstić information content (AvgIpc) is 0.965. The minimum atomic E-state index is -1.54. The first kappa shape index (κ1) is 104. The summed E-state index contributed by atoms with van der Waals surface area (Å²) < 4.78 is 125. The first-order valence-corrected chi connectivity index (χ1v) is 35.2. The van der Waals surface area contributed by atoms with E-state index in [4.69, 9.17) is 125 Å². The van der Waals surface area contributed by atoms with Crippen LogP contribution in [0, 0.1) is 0 Å². The molecule has 0 heterocycles. The van der Waals surface area contributed by atoms with E-state index in [1.165, 1.54) is 0 Å². The molecule has 0 amide bonds. The highest BCUT2D eigenvalue weighted by atomic mass is 16.7. The quantitative estimate of drug-likeness (QED) is 0.0199. The molecule has 42 heteroatoms. The molecule has 0 aromatic rings. The van der Waals surface area contributed by atoms with E-state index in [1.807, 2.05) is 0 Å². The van der Waals surface area contributed by atoms with Gasteiger partial charge in [0.05, 0.1) is 276 Å². The molecule has 21 N–H and O–H groups in total. The molecule has 0 aliphatic carbocycles. The minimum absolute atomic E-state index is 0.0270. The molecule has 0 spiro atoms. The fourth-order valence-corrected chi connectivity index (χ4v) is 8.07. The fraction of sp³-hybridized carbons (Fsp3) is 1.00. The summed E-state index contributed by atoms with van der Waals surface area (Å²) in [4.78, 5) is 0. The minimum Gasteiger partial charge on any atom is -0.394 e. The molecule has 0 aromatic carbocycles. The third-order valence-corrected chi connectivity index (χ3v) is 14.1. The van der Waals surface area contributed by atoms with Gasteiger partial charge in [-0.1, -0.05) is 0 Å². The van der Waals surface area contributed by atoms with Crippen molar-refractivity contribution in [3.8, 4) is 0 Å². The molecule has 0 fully saturated rings. The fourth-order valence-electron chi connectivity index (χ4n) is 8.07. The van der Waals surface area contributed by atoms with Gasteiger partial charge in [0.15, 0.2) is 18.9 Å². The Morgan fingerprint density at radius 1 is 0.217 bits per heavy atom. The van der Waals surface area contributed by atoms with Gasteiger partial charge in [-0.3, -0.25) is 0 Å². The lowest BCUT2D eigenvalue weighted by molar-refractivity contribution is -0.191. The van der Waals surface area contributed by atoms with Crippen LogP contribution in [-0.4, -0.2) is 490 Å². The standard InChI is InChI=1S/C64H131NO41/c1-45(92-5-4-66)95-38-63(105-41-62(99-28-52(83)14-71)37-97-47(3)94-9-7-86-23-49(80)11-68)40-104-57(18-75)34-101-55(16-73)30-90-43-64(65,44-91-32-60(21-78)106-59(20-77)31-87-24-50(81)12-69)42-89-26-53(84)25-88-29-54(15-72)100-33-56(17-74)102-35-58(19-76)103-39-61(98-27-51(82)13-70)36-96-46(2)93-8-6-85-22-48(79)10-67/h45-63,66-84H,4-44,65H2,1-3H3. The van der Waals surface area contributed by atoms with E-state index in [0.29, 0.717) is 0 Å². The Bertz CT molecular complexity index is 1870. The zero-order valence-electron chi connectivity index (χ0n) is 61.5. The van der Waals surface area contributed by atoms with Gasteiger partial charge in [0.1, 0.15) is 97.7 Å². The molecule has 42 nitrogen and oxygen atoms in total. The highest BCUT2D eigenvalue weighted by Crippen LogP contribution is 2.13. The average molecular weight is 1570 g/mol. The molecular weight excluding hydrogens is 1440 g/mol. The van der Waals surface area contributed by atoms with Crippen molar-refractivity contribution in [2.45, 2.75) is 143 Å². The predicted molar refractivity (Wildman–Crippen MR) is 361 cm³/mol. The van der Waals surface area contributed by atoms with Crippen LogP contribution in [-0.2, 0) is 104 Å². The topological polar surface area (TPSA) is 613 Å². The second kappa shape index (κ2) is 70.0. The van der Waals surface area contributed by atoms with Gasteiger partial charge in [0.25, 0.3) is 0 Å². The van der Waals surface area contributed by atoms with Crippen LogP contribution in [0.2, 0.25) is 0 Å². The summed E-state index contributed by atoms with van der Waals surface area (Å²) in [6.45, 7) is -7.41. The van der Waals surface area contributed by atoms with E-state index in [0.717, 1.165) is 0 Å². The van der Waals surface area contributed by atoms with Gasteiger partial charge in [0, 0.05) is 0 Å². The molecule has 0 aromatic heterocycles. The van der Waals surface area contributed by atoms with Crippen LogP contribution in [0.3, 0.4) is 0 Å². The van der Waals surface area contributed by atoms with Gasteiger partial charge < -0.3 is 207 Å². The Hall–Kier alpha value is -1.68. The molecule has 20 atom stereocenters. The molecule has 0 saturated carbocycles. The Kier molecular flexibility index (Phi) is 68.9. The first-order chi connectivity index (χ1) is 51.0. The smallest absolute Gasteiger partial charge is 0.155 e. The summed E-state index contributed by atoms with van der Waals surface area (Å²) in [5.41, 5.74) is 5.25. The van der Waals surface area contributed by atoms with E-state index >= 15 is 0 Å². The van der Waals surface area contributed by atoms with Crippen molar-refractivity contribution in [2.75, 3.05) is 271 Å². The number of hydrogen-bond acceptors (Lipinski definition) is 42. The number of aliphatic hydroxyl groups excluding tert-OH is 19. The number of nitrogens with two attached hydrogens (primary N) is 1. The van der Waals surface area contributed by atoms with E-state index in [1.54, 1.807) is 20.8 Å². The maximum atomic E-state index is 10.9. The van der Waals surface area contributed by atoms with Crippen LogP contribution in [0.15, 0.2) is 0 Å². The van der Waals surface area contributed by atoms with Gasteiger partial charge in [-0.15, -0.1) is 0 Å². The van der Waals surface area contributed by atoms with Crippen molar-refractivity contribution in [2.24, 2.45) is 5.73 Å². The molecule has 0 bridgehead atoms. The van der Waals surface area contributed by atoms with E-state index in [-0.39, 0.29) is 192 Å². The van der Waals surface area contributed by atoms with E-state index < -0.39 is 201 Å². The maximum absolute atomic E-state index is 10.9. The lowest BCUT2D eigenvalue weighted by atomic mass is 10.1. The van der Waals surface area contributed by atoms with Crippen LogP contribution in [0.25, 0.3) is 0 Å². The third-order valence-electron chi connectivity index (χ3n) is 14.1. The first-order valence-electron chi connectivity index (χ1n) is 35.2. The summed E-state index contributed by atoms with van der Waals surface area (Å²) in [5, 5.41) is 185. The van der Waals surface area contributed by atoms with Gasteiger partial charge in [-0.25, -0.2) is 0 Å². The van der Waals surface area contributed by atoms with Crippen molar-refractivity contribution in [3.05, 3.63) is 0 Å². The molecule has 0 aliphatic rings. The van der Waals surface area contributed by atoms with E-state index in [9.17, 15) is 81.7 Å². The summed E-state index contributed by atoms with van der Waals surface area (Å²) in [7, 11) is 0. The predicted octanol–water partition coefficient (Wildman–Crippen LogP) is -11.2. The van der Waals surface area contributed by atoms with Gasteiger partial charge in [0.2, 0.25) is 0 Å². The van der Waals surface area contributed by atoms with Crippen LogP contribution >= 0.6 is 0 Å². The number of hydrogen-bond donors (Lipinski definition) is 20. The molecule has 106 heavy (non-hydrogen) atoms. The molecule has 20 unspecified atom stereocenters. The molecular formula is C64H131NO41. The molecule has 638 valence electrons. The molecule has 0 radical (unpaired) electrons. The zero-order valence-corrected chi connectivity index (χ0v) is 61.5. The molecule has 0 aliphatic heterocycles. The highest BCUT2D eigenvalue weighted by Gasteiger charge is 2.31. The normalized spacial score (nSPS) is 18.4. The van der Waals surface area contributed by atoms with Gasteiger partial charge >= 0.3 is 0 Å². The number of ether oxygens (including phenoxy) is 22. The summed E-state index contributed by atoms with van der Waals surface area (Å²) in [5.74, 6) is 0. The summed E-state index contributed by atoms with van der Waals surface area (Å²) in [6, 6.07) is 0. The van der Waals surface area contributed by atoms with E-state index in [2.05, 4.69) is 0 Å². The maximum Gasteiger partial charge on any atom is 0.155 e. The second-order valence-corrected chi connectivity index (χ2v) is 24.3. The van der Waals surface area contributed by atoms with Crippen LogP contribution in [0.1, 0.15) is 20.8 Å². The lowest BCUT2D eigenvalue weighted by Crippen LogP contribution is -2.54. The van der Waals surface area contributed by atoms with Crippen molar-refractivity contribution >= 4 is 0 Å². The van der Waals surface area contributed by atoms with Gasteiger partial charge in [-0.2, -0.15) is 0 Å². The Balaban J connectivity index is 5.88. The monoisotopic (exact) mass is 1570 g/mol. The van der Waals surface area contributed by atoms with Crippen molar-refractivity contribution in [1.29, 1.82) is 0 Å². The number of aliphatic hydroxyl groups is 19. The van der Waals surface area contributed by atoms with Gasteiger partial charge in [-0.05, 0) is 20.8 Å². The van der Waals surface area contributed by atoms with Crippen molar-refractivity contribution in [1.82, 2.24) is 0 Å². The zero-order chi connectivity index (χ0) is 79.0.